The maximum absolute atomic E-state index is 12.3. The molecule has 1 atom stereocenters. The van der Waals surface area contributed by atoms with Crippen LogP contribution in [0.4, 0.5) is 0 Å². The SMILES string of the molecule is CC1CCc2sc(C(=O)NCCc3noc(C4CC4)n3)cc2C1. The molecule has 2 aliphatic rings. The minimum absolute atomic E-state index is 0.0166. The van der Waals surface area contributed by atoms with Gasteiger partial charge in [-0.2, -0.15) is 4.98 Å². The first-order valence-electron chi connectivity index (χ1n) is 8.41. The highest BCUT2D eigenvalue weighted by molar-refractivity contribution is 7.14. The van der Waals surface area contributed by atoms with E-state index < -0.39 is 0 Å². The number of amides is 1. The van der Waals surface area contributed by atoms with Crippen LogP contribution in [0.1, 0.15) is 63.9 Å². The molecular formula is C17H21N3O2S. The van der Waals surface area contributed by atoms with E-state index in [0.717, 1.165) is 42.4 Å². The summed E-state index contributed by atoms with van der Waals surface area (Å²) in [5.74, 6) is 2.67. The molecule has 2 aliphatic carbocycles. The molecule has 2 aromatic rings. The predicted molar refractivity (Wildman–Crippen MR) is 87.8 cm³/mol. The Morgan fingerprint density at radius 3 is 3.13 bits per heavy atom. The van der Waals surface area contributed by atoms with E-state index in [-0.39, 0.29) is 5.91 Å². The van der Waals surface area contributed by atoms with Gasteiger partial charge in [0.05, 0.1) is 4.88 Å². The average Bonchev–Trinajstić information content (AvgIpc) is 3.13. The van der Waals surface area contributed by atoms with Gasteiger partial charge in [-0.1, -0.05) is 12.1 Å². The van der Waals surface area contributed by atoms with Crippen molar-refractivity contribution < 1.29 is 9.32 Å². The molecule has 1 amide bonds. The van der Waals surface area contributed by atoms with Crippen molar-refractivity contribution in [3.05, 3.63) is 33.1 Å². The maximum atomic E-state index is 12.3. The van der Waals surface area contributed by atoms with E-state index in [4.69, 9.17) is 4.52 Å². The van der Waals surface area contributed by atoms with E-state index in [1.807, 2.05) is 0 Å². The van der Waals surface area contributed by atoms with Crippen LogP contribution in [0.3, 0.4) is 0 Å². The van der Waals surface area contributed by atoms with Gasteiger partial charge in [0.15, 0.2) is 5.82 Å². The standard InChI is InChI=1S/C17H21N3O2S/c1-10-2-5-13-12(8-10)9-14(23-13)16(21)18-7-6-15-19-17(22-20-15)11-3-4-11/h9-11H,2-8H2,1H3,(H,18,21). The van der Waals surface area contributed by atoms with Crippen LogP contribution in [0.2, 0.25) is 0 Å². The number of thiophene rings is 1. The Morgan fingerprint density at radius 1 is 1.43 bits per heavy atom. The Morgan fingerprint density at radius 2 is 2.30 bits per heavy atom. The van der Waals surface area contributed by atoms with Crippen molar-refractivity contribution in [2.24, 2.45) is 5.92 Å². The second kappa shape index (κ2) is 6.07. The van der Waals surface area contributed by atoms with E-state index in [1.54, 1.807) is 11.3 Å². The van der Waals surface area contributed by atoms with Crippen molar-refractivity contribution in [2.45, 2.75) is 51.4 Å². The highest BCUT2D eigenvalue weighted by Gasteiger charge is 2.29. The molecule has 1 fully saturated rings. The summed E-state index contributed by atoms with van der Waals surface area (Å²) in [6, 6.07) is 2.07. The van der Waals surface area contributed by atoms with Crippen LogP contribution in [0.5, 0.6) is 0 Å². The van der Waals surface area contributed by atoms with E-state index in [9.17, 15) is 4.79 Å². The van der Waals surface area contributed by atoms with Gasteiger partial charge in [-0.3, -0.25) is 4.79 Å². The lowest BCUT2D eigenvalue weighted by Gasteiger charge is -2.16. The molecule has 6 heteroatoms. The van der Waals surface area contributed by atoms with Crippen LogP contribution < -0.4 is 5.32 Å². The van der Waals surface area contributed by atoms with E-state index >= 15 is 0 Å². The van der Waals surface area contributed by atoms with Crippen LogP contribution in [0.15, 0.2) is 10.6 Å². The third kappa shape index (κ3) is 3.32. The first-order valence-corrected chi connectivity index (χ1v) is 9.23. The zero-order valence-corrected chi connectivity index (χ0v) is 14.1. The first kappa shape index (κ1) is 14.9. The van der Waals surface area contributed by atoms with Gasteiger partial charge in [-0.15, -0.1) is 11.3 Å². The van der Waals surface area contributed by atoms with Crippen molar-refractivity contribution in [1.29, 1.82) is 0 Å². The van der Waals surface area contributed by atoms with Crippen LogP contribution in [-0.4, -0.2) is 22.6 Å². The number of fused-ring (bicyclic) bond motifs is 1. The number of aromatic nitrogens is 2. The van der Waals surface area contributed by atoms with Gasteiger partial charge in [0, 0.05) is 23.8 Å². The van der Waals surface area contributed by atoms with E-state index in [1.165, 1.54) is 16.9 Å². The van der Waals surface area contributed by atoms with Crippen molar-refractivity contribution in [2.75, 3.05) is 6.54 Å². The van der Waals surface area contributed by atoms with Gasteiger partial charge in [0.2, 0.25) is 5.89 Å². The number of carbonyl (C=O) groups excluding carboxylic acids is 1. The molecule has 122 valence electrons. The largest absolute Gasteiger partial charge is 0.351 e. The summed E-state index contributed by atoms with van der Waals surface area (Å²) in [5, 5.41) is 6.95. The summed E-state index contributed by atoms with van der Waals surface area (Å²) in [6.45, 7) is 2.82. The normalized spacial score (nSPS) is 20.3. The van der Waals surface area contributed by atoms with Gasteiger partial charge < -0.3 is 9.84 Å². The zero-order valence-electron chi connectivity index (χ0n) is 13.3. The number of nitrogens with zero attached hydrogens (tertiary/aromatic N) is 2. The van der Waals surface area contributed by atoms with Crippen LogP contribution in [-0.2, 0) is 19.3 Å². The summed E-state index contributed by atoms with van der Waals surface area (Å²) >= 11 is 1.65. The second-order valence-electron chi connectivity index (χ2n) is 6.74. The summed E-state index contributed by atoms with van der Waals surface area (Å²) in [6.07, 6.45) is 6.37. The molecule has 0 saturated heterocycles. The number of hydrogen-bond donors (Lipinski definition) is 1. The van der Waals surface area contributed by atoms with Crippen LogP contribution >= 0.6 is 11.3 Å². The zero-order chi connectivity index (χ0) is 15.8. The van der Waals surface area contributed by atoms with Crippen molar-refractivity contribution in [3.8, 4) is 0 Å². The fraction of sp³-hybridized carbons (Fsp3) is 0.588. The molecule has 0 spiro atoms. The Balaban J connectivity index is 1.31. The number of carbonyl (C=O) groups is 1. The molecule has 1 N–H and O–H groups in total. The molecule has 4 rings (SSSR count). The smallest absolute Gasteiger partial charge is 0.261 e. The summed E-state index contributed by atoms with van der Waals surface area (Å²) < 4.78 is 5.22. The third-order valence-electron chi connectivity index (χ3n) is 4.60. The number of hydrogen-bond acceptors (Lipinski definition) is 5. The second-order valence-corrected chi connectivity index (χ2v) is 7.87. The molecule has 0 aliphatic heterocycles. The van der Waals surface area contributed by atoms with Gasteiger partial charge in [0.25, 0.3) is 5.91 Å². The molecule has 2 heterocycles. The molecule has 5 nitrogen and oxygen atoms in total. The van der Waals surface area contributed by atoms with Crippen molar-refractivity contribution in [3.63, 3.8) is 0 Å². The molecule has 0 bridgehead atoms. The number of nitrogens with one attached hydrogen (secondary N) is 1. The molecule has 0 radical (unpaired) electrons. The number of rotatable bonds is 5. The molecule has 2 aromatic heterocycles. The maximum Gasteiger partial charge on any atom is 0.261 e. The molecule has 1 unspecified atom stereocenters. The quantitative estimate of drug-likeness (QED) is 0.914. The monoisotopic (exact) mass is 331 g/mol. The van der Waals surface area contributed by atoms with Gasteiger partial charge in [0.1, 0.15) is 0 Å². The lowest BCUT2D eigenvalue weighted by molar-refractivity contribution is 0.0958. The summed E-state index contributed by atoms with van der Waals surface area (Å²) in [5.41, 5.74) is 1.37. The Bertz CT molecular complexity index is 717. The predicted octanol–water partition coefficient (Wildman–Crippen LogP) is 3.11. The number of aryl methyl sites for hydroxylation is 1. The lowest BCUT2D eigenvalue weighted by Crippen LogP contribution is -2.25. The summed E-state index contributed by atoms with van der Waals surface area (Å²) in [7, 11) is 0. The van der Waals surface area contributed by atoms with E-state index in [2.05, 4.69) is 28.4 Å². The van der Waals surface area contributed by atoms with Crippen molar-refractivity contribution >= 4 is 17.2 Å². The van der Waals surface area contributed by atoms with Crippen LogP contribution in [0.25, 0.3) is 0 Å². The third-order valence-corrected chi connectivity index (χ3v) is 5.83. The fourth-order valence-corrected chi connectivity index (χ4v) is 4.18. The Kier molecular flexibility index (Phi) is 3.93. The highest BCUT2D eigenvalue weighted by atomic mass is 32.1. The minimum Gasteiger partial charge on any atom is -0.351 e. The molecule has 1 saturated carbocycles. The minimum atomic E-state index is 0.0166. The van der Waals surface area contributed by atoms with Gasteiger partial charge >= 0.3 is 0 Å². The fourth-order valence-electron chi connectivity index (χ4n) is 3.06. The lowest BCUT2D eigenvalue weighted by atomic mass is 9.90. The Hall–Kier alpha value is -1.69. The highest BCUT2D eigenvalue weighted by Crippen LogP contribution is 2.38. The first-order chi connectivity index (χ1) is 11.2. The van der Waals surface area contributed by atoms with Gasteiger partial charge in [-0.25, -0.2) is 0 Å². The average molecular weight is 331 g/mol. The Labute approximate surface area is 139 Å². The molecular weight excluding hydrogens is 310 g/mol. The summed E-state index contributed by atoms with van der Waals surface area (Å²) in [4.78, 5) is 18.9. The van der Waals surface area contributed by atoms with Gasteiger partial charge in [-0.05, 0) is 49.7 Å². The van der Waals surface area contributed by atoms with Crippen LogP contribution in [0, 0.1) is 5.92 Å². The van der Waals surface area contributed by atoms with E-state index in [0.29, 0.717) is 24.7 Å². The molecule has 23 heavy (non-hydrogen) atoms. The van der Waals surface area contributed by atoms with Crippen molar-refractivity contribution in [1.82, 2.24) is 15.5 Å². The topological polar surface area (TPSA) is 68.0 Å². The molecule has 0 aromatic carbocycles.